The lowest BCUT2D eigenvalue weighted by Gasteiger charge is -2.43. The number of aromatic nitrogens is 3. The summed E-state index contributed by atoms with van der Waals surface area (Å²) < 4.78 is 8.34. The van der Waals surface area contributed by atoms with E-state index < -0.39 is 0 Å². The molecule has 2 fully saturated rings. The van der Waals surface area contributed by atoms with Gasteiger partial charge in [-0.1, -0.05) is 44.2 Å². The quantitative estimate of drug-likeness (QED) is 0.327. The number of rotatable bonds is 4. The van der Waals surface area contributed by atoms with E-state index in [1.54, 1.807) is 6.33 Å². The summed E-state index contributed by atoms with van der Waals surface area (Å²) in [4.78, 5) is 8.99. The van der Waals surface area contributed by atoms with Crippen LogP contribution in [0.1, 0.15) is 58.4 Å². The van der Waals surface area contributed by atoms with Crippen LogP contribution in [0.2, 0.25) is 0 Å². The van der Waals surface area contributed by atoms with Crippen LogP contribution in [0, 0.1) is 5.41 Å². The van der Waals surface area contributed by atoms with Crippen molar-refractivity contribution in [3.63, 3.8) is 0 Å². The number of anilines is 1. The molecule has 2 aromatic heterocycles. The summed E-state index contributed by atoms with van der Waals surface area (Å²) in [5, 5.41) is 4.47. The lowest BCUT2D eigenvalue weighted by atomic mass is 9.67. The number of para-hydroxylation sites is 1. The minimum atomic E-state index is 0.451. The Morgan fingerprint density at radius 1 is 0.889 bits per heavy atom. The van der Waals surface area contributed by atoms with Gasteiger partial charge in [-0.2, -0.15) is 0 Å². The molecule has 1 aliphatic carbocycles. The molecule has 3 N–H and O–H groups in total. The van der Waals surface area contributed by atoms with Gasteiger partial charge >= 0.3 is 0 Å². The molecular weight excluding hydrogens is 446 g/mol. The van der Waals surface area contributed by atoms with Gasteiger partial charge in [-0.15, -0.1) is 0 Å². The number of hydrogen-bond acceptors (Lipinski definition) is 5. The van der Waals surface area contributed by atoms with E-state index in [4.69, 9.17) is 10.5 Å². The largest absolute Gasteiger partial charge is 0.457 e. The number of nitrogens with two attached hydrogens (primary N) is 1. The maximum atomic E-state index is 6.39. The Balaban J connectivity index is 0.00000130. The van der Waals surface area contributed by atoms with Gasteiger partial charge in [0.05, 0.1) is 5.39 Å². The predicted molar refractivity (Wildman–Crippen MR) is 147 cm³/mol. The number of nitrogens with one attached hydrogen (secondary N) is 1. The monoisotopic (exact) mass is 483 g/mol. The summed E-state index contributed by atoms with van der Waals surface area (Å²) in [6, 6.07) is 18.5. The Kier molecular flexibility index (Phi) is 7.23. The fraction of sp³-hybridized carbons (Fsp3) is 0.400. The molecule has 0 unspecified atom stereocenters. The van der Waals surface area contributed by atoms with Crippen LogP contribution in [0.5, 0.6) is 11.5 Å². The molecule has 1 saturated heterocycles. The van der Waals surface area contributed by atoms with Gasteiger partial charge in [-0.3, -0.25) is 0 Å². The number of hydrogen-bond donors (Lipinski definition) is 2. The summed E-state index contributed by atoms with van der Waals surface area (Å²) in [5.41, 5.74) is 10.0. The molecule has 1 saturated carbocycles. The SMILES string of the molecule is CC.Nc1ncnc2c1c(-c1ccc(Oc3ccccc3)cc1)cn2C1CCC2(CCNCC2)CC1. The molecular formula is C30H37N5O. The third-order valence-corrected chi connectivity index (χ3v) is 7.86. The second-order valence-electron chi connectivity index (χ2n) is 9.83. The third kappa shape index (κ3) is 4.82. The molecule has 1 aliphatic heterocycles. The van der Waals surface area contributed by atoms with E-state index >= 15 is 0 Å². The number of piperidine rings is 1. The molecule has 2 aromatic carbocycles. The van der Waals surface area contributed by atoms with E-state index in [0.717, 1.165) is 46.7 Å². The zero-order chi connectivity index (χ0) is 25.0. The topological polar surface area (TPSA) is 78.0 Å². The molecule has 188 valence electrons. The highest BCUT2D eigenvalue weighted by Gasteiger charge is 2.37. The predicted octanol–water partition coefficient (Wildman–Crippen LogP) is 6.98. The van der Waals surface area contributed by atoms with Crippen LogP contribution in [-0.4, -0.2) is 27.6 Å². The molecule has 6 nitrogen and oxygen atoms in total. The molecule has 2 aliphatic rings. The van der Waals surface area contributed by atoms with Crippen LogP contribution < -0.4 is 15.8 Å². The van der Waals surface area contributed by atoms with E-state index in [9.17, 15) is 0 Å². The van der Waals surface area contributed by atoms with E-state index in [1.165, 1.54) is 38.5 Å². The van der Waals surface area contributed by atoms with Gasteiger partial charge in [-0.05, 0) is 86.9 Å². The smallest absolute Gasteiger partial charge is 0.146 e. The second-order valence-corrected chi connectivity index (χ2v) is 9.83. The lowest BCUT2D eigenvalue weighted by Crippen LogP contribution is -2.39. The first-order valence-electron chi connectivity index (χ1n) is 13.4. The van der Waals surface area contributed by atoms with Gasteiger partial charge < -0.3 is 20.4 Å². The van der Waals surface area contributed by atoms with E-state index in [-0.39, 0.29) is 0 Å². The van der Waals surface area contributed by atoms with Crippen molar-refractivity contribution in [2.45, 2.75) is 58.4 Å². The summed E-state index contributed by atoms with van der Waals surface area (Å²) in [5.74, 6) is 2.17. The molecule has 36 heavy (non-hydrogen) atoms. The second kappa shape index (κ2) is 10.7. The zero-order valence-electron chi connectivity index (χ0n) is 21.4. The van der Waals surface area contributed by atoms with Crippen molar-refractivity contribution in [1.82, 2.24) is 19.9 Å². The summed E-state index contributed by atoms with van der Waals surface area (Å²) in [7, 11) is 0. The number of nitrogen functional groups attached to an aromatic ring is 1. The fourth-order valence-electron chi connectivity index (χ4n) is 5.88. The Hall–Kier alpha value is -3.38. The van der Waals surface area contributed by atoms with Crippen LogP contribution >= 0.6 is 0 Å². The molecule has 1 spiro atoms. The Morgan fingerprint density at radius 2 is 1.56 bits per heavy atom. The normalized spacial score (nSPS) is 17.5. The van der Waals surface area contributed by atoms with Gasteiger partial charge in [0.2, 0.25) is 0 Å². The molecule has 0 bridgehead atoms. The summed E-state index contributed by atoms with van der Waals surface area (Å²) in [6.07, 6.45) is 11.4. The summed E-state index contributed by atoms with van der Waals surface area (Å²) in [6.45, 7) is 6.32. The van der Waals surface area contributed by atoms with Crippen LogP contribution in [0.3, 0.4) is 0 Å². The van der Waals surface area contributed by atoms with Crippen molar-refractivity contribution in [3.8, 4) is 22.6 Å². The van der Waals surface area contributed by atoms with Crippen LogP contribution in [0.4, 0.5) is 5.82 Å². The number of nitrogens with zero attached hydrogens (tertiary/aromatic N) is 3. The van der Waals surface area contributed by atoms with Crippen molar-refractivity contribution in [2.75, 3.05) is 18.8 Å². The molecule has 4 aromatic rings. The first kappa shape index (κ1) is 24.3. The molecule has 6 heteroatoms. The highest BCUT2D eigenvalue weighted by Crippen LogP contribution is 2.48. The Labute approximate surface area is 213 Å². The lowest BCUT2D eigenvalue weighted by molar-refractivity contribution is 0.109. The van der Waals surface area contributed by atoms with Gasteiger partial charge in [-0.25, -0.2) is 9.97 Å². The third-order valence-electron chi connectivity index (χ3n) is 7.86. The van der Waals surface area contributed by atoms with E-state index in [1.807, 2.05) is 56.3 Å². The van der Waals surface area contributed by atoms with Crippen molar-refractivity contribution >= 4 is 16.9 Å². The molecule has 0 radical (unpaired) electrons. The van der Waals surface area contributed by atoms with Gasteiger partial charge in [0.1, 0.15) is 29.3 Å². The van der Waals surface area contributed by atoms with Crippen LogP contribution in [0.15, 0.2) is 67.1 Å². The first-order chi connectivity index (χ1) is 17.7. The van der Waals surface area contributed by atoms with Gasteiger partial charge in [0.25, 0.3) is 0 Å². The van der Waals surface area contributed by atoms with Crippen molar-refractivity contribution in [2.24, 2.45) is 5.41 Å². The van der Waals surface area contributed by atoms with Crippen molar-refractivity contribution in [1.29, 1.82) is 0 Å². The Bertz CT molecular complexity index is 1270. The average Bonchev–Trinajstić information content (AvgIpc) is 3.33. The highest BCUT2D eigenvalue weighted by molar-refractivity contribution is 6.00. The van der Waals surface area contributed by atoms with Crippen molar-refractivity contribution in [3.05, 3.63) is 67.1 Å². The molecule has 0 atom stereocenters. The molecule has 0 amide bonds. The zero-order valence-corrected chi connectivity index (χ0v) is 21.4. The molecule has 6 rings (SSSR count). The van der Waals surface area contributed by atoms with Crippen molar-refractivity contribution < 1.29 is 4.74 Å². The van der Waals surface area contributed by atoms with Crippen LogP contribution in [0.25, 0.3) is 22.2 Å². The average molecular weight is 484 g/mol. The highest BCUT2D eigenvalue weighted by atomic mass is 16.5. The Morgan fingerprint density at radius 3 is 2.25 bits per heavy atom. The minimum absolute atomic E-state index is 0.451. The minimum Gasteiger partial charge on any atom is -0.457 e. The van der Waals surface area contributed by atoms with Gasteiger partial charge in [0, 0.05) is 17.8 Å². The van der Waals surface area contributed by atoms with Crippen LogP contribution in [-0.2, 0) is 0 Å². The molecule has 3 heterocycles. The van der Waals surface area contributed by atoms with E-state index in [2.05, 4.69) is 38.2 Å². The number of ether oxygens (including phenoxy) is 1. The number of fused-ring (bicyclic) bond motifs is 1. The number of benzene rings is 2. The fourth-order valence-corrected chi connectivity index (χ4v) is 5.88. The maximum Gasteiger partial charge on any atom is 0.146 e. The van der Waals surface area contributed by atoms with E-state index in [0.29, 0.717) is 17.3 Å². The standard InChI is InChI=1S/C28H31N5O.C2H6/c29-26-25-24(20-6-8-23(9-7-20)34-22-4-2-1-3-5-22)18-33(27(25)32-19-31-26)21-10-12-28(13-11-21)14-16-30-17-15-28;1-2/h1-9,18-19,21,30H,10-17H2,(H2,29,31,32);1-2H3. The maximum absolute atomic E-state index is 6.39. The summed E-state index contributed by atoms with van der Waals surface area (Å²) >= 11 is 0. The van der Waals surface area contributed by atoms with Gasteiger partial charge in [0.15, 0.2) is 0 Å². The first-order valence-corrected chi connectivity index (χ1v) is 13.4.